The van der Waals surface area contributed by atoms with E-state index in [4.69, 9.17) is 10.5 Å². The van der Waals surface area contributed by atoms with Crippen LogP contribution in [0.3, 0.4) is 0 Å². The minimum absolute atomic E-state index is 0.136. The first-order valence-electron chi connectivity index (χ1n) is 9.28. The third kappa shape index (κ3) is 2.47. The van der Waals surface area contributed by atoms with Gasteiger partial charge in [0.15, 0.2) is 0 Å². The highest BCUT2D eigenvalue weighted by molar-refractivity contribution is 5.93. The first-order chi connectivity index (χ1) is 11.5. The molecule has 130 valence electrons. The van der Waals surface area contributed by atoms with Crippen LogP contribution in [0.25, 0.3) is 0 Å². The molecule has 1 amide bonds. The summed E-state index contributed by atoms with van der Waals surface area (Å²) in [6.45, 7) is 7.86. The molecule has 4 heteroatoms. The number of amides is 1. The molecule has 0 radical (unpaired) electrons. The van der Waals surface area contributed by atoms with E-state index in [0.29, 0.717) is 23.6 Å². The molecule has 2 saturated heterocycles. The van der Waals surface area contributed by atoms with Gasteiger partial charge in [0.1, 0.15) is 0 Å². The van der Waals surface area contributed by atoms with Crippen LogP contribution in [-0.2, 0) is 16.6 Å². The number of primary amides is 1. The summed E-state index contributed by atoms with van der Waals surface area (Å²) in [5.74, 6) is 0.246. The Hall–Kier alpha value is -1.39. The SMILES string of the molecule is C[C@H]1[C@H]2Cc3ccc(C(N)=O)cc3C1(C)CCN2C[C@H]1CCCO1. The topological polar surface area (TPSA) is 55.6 Å². The third-order valence-corrected chi connectivity index (χ3v) is 6.87. The Balaban J connectivity index is 1.64. The van der Waals surface area contributed by atoms with Gasteiger partial charge in [-0.25, -0.2) is 0 Å². The zero-order valence-corrected chi connectivity index (χ0v) is 14.8. The van der Waals surface area contributed by atoms with Gasteiger partial charge in [0.25, 0.3) is 0 Å². The van der Waals surface area contributed by atoms with Crippen LogP contribution in [0.2, 0.25) is 0 Å². The van der Waals surface area contributed by atoms with E-state index in [1.165, 1.54) is 24.0 Å². The van der Waals surface area contributed by atoms with Crippen LogP contribution < -0.4 is 5.73 Å². The third-order valence-electron chi connectivity index (χ3n) is 6.87. The van der Waals surface area contributed by atoms with E-state index in [-0.39, 0.29) is 11.3 Å². The summed E-state index contributed by atoms with van der Waals surface area (Å²) in [5, 5.41) is 0. The second-order valence-electron chi connectivity index (χ2n) is 8.09. The Morgan fingerprint density at radius 3 is 3.00 bits per heavy atom. The number of hydrogen-bond donors (Lipinski definition) is 1. The molecule has 0 aromatic heterocycles. The molecule has 3 aliphatic rings. The van der Waals surface area contributed by atoms with Crippen LogP contribution in [0.4, 0.5) is 0 Å². The molecular formula is C20H28N2O2. The molecule has 2 N–H and O–H groups in total. The van der Waals surface area contributed by atoms with Crippen LogP contribution in [0, 0.1) is 5.92 Å². The van der Waals surface area contributed by atoms with E-state index in [1.807, 2.05) is 6.07 Å². The second kappa shape index (κ2) is 5.85. The number of rotatable bonds is 3. The van der Waals surface area contributed by atoms with Crippen LogP contribution in [0.5, 0.6) is 0 Å². The standard InChI is InChI=1S/C20H28N2O2/c1-13-18-11-14-5-6-15(19(21)23)10-17(14)20(13,2)7-8-22(18)12-16-4-3-9-24-16/h5-6,10,13,16,18H,3-4,7-9,11-12H2,1-2H3,(H2,21,23)/t13-,16+,18+,20?/m0/s1. The van der Waals surface area contributed by atoms with Gasteiger partial charge in [-0.15, -0.1) is 0 Å². The van der Waals surface area contributed by atoms with Crippen molar-refractivity contribution < 1.29 is 9.53 Å². The summed E-state index contributed by atoms with van der Waals surface area (Å²) >= 11 is 0. The highest BCUT2D eigenvalue weighted by Gasteiger charge is 2.48. The summed E-state index contributed by atoms with van der Waals surface area (Å²) in [6.07, 6.45) is 5.02. The first kappa shape index (κ1) is 16.1. The quantitative estimate of drug-likeness (QED) is 0.927. The van der Waals surface area contributed by atoms with Gasteiger partial charge in [-0.3, -0.25) is 9.69 Å². The number of piperidine rings is 1. The predicted molar refractivity (Wildman–Crippen MR) is 94.1 cm³/mol. The number of hydrogen-bond acceptors (Lipinski definition) is 3. The number of carbonyl (C=O) groups is 1. The van der Waals surface area contributed by atoms with Crippen molar-refractivity contribution in [2.45, 2.75) is 57.1 Å². The van der Waals surface area contributed by atoms with E-state index in [0.717, 1.165) is 32.5 Å². The molecule has 2 fully saturated rings. The van der Waals surface area contributed by atoms with Crippen LogP contribution in [0.1, 0.15) is 54.6 Å². The lowest BCUT2D eigenvalue weighted by atomic mass is 9.59. The zero-order valence-electron chi connectivity index (χ0n) is 14.8. The van der Waals surface area contributed by atoms with E-state index in [1.54, 1.807) is 0 Å². The van der Waals surface area contributed by atoms with Gasteiger partial charge >= 0.3 is 0 Å². The van der Waals surface area contributed by atoms with Gasteiger partial charge in [-0.05, 0) is 66.8 Å². The van der Waals surface area contributed by atoms with Crippen molar-refractivity contribution in [1.82, 2.24) is 4.90 Å². The van der Waals surface area contributed by atoms with E-state index < -0.39 is 0 Å². The maximum atomic E-state index is 11.6. The fraction of sp³-hybridized carbons (Fsp3) is 0.650. The van der Waals surface area contributed by atoms with Gasteiger partial charge in [0.2, 0.25) is 5.91 Å². The molecule has 1 aromatic carbocycles. The van der Waals surface area contributed by atoms with E-state index in [9.17, 15) is 4.79 Å². The van der Waals surface area contributed by atoms with Crippen molar-refractivity contribution in [3.05, 3.63) is 34.9 Å². The molecule has 2 aliphatic heterocycles. The largest absolute Gasteiger partial charge is 0.377 e. The molecule has 1 aliphatic carbocycles. The van der Waals surface area contributed by atoms with Crippen molar-refractivity contribution in [2.75, 3.05) is 19.7 Å². The molecule has 24 heavy (non-hydrogen) atoms. The molecular weight excluding hydrogens is 300 g/mol. The van der Waals surface area contributed by atoms with Gasteiger partial charge < -0.3 is 10.5 Å². The summed E-state index contributed by atoms with van der Waals surface area (Å²) in [6, 6.07) is 6.64. The molecule has 4 atom stereocenters. The molecule has 4 rings (SSSR count). The lowest BCUT2D eigenvalue weighted by Crippen LogP contribution is -2.59. The van der Waals surface area contributed by atoms with Crippen molar-refractivity contribution in [3.63, 3.8) is 0 Å². The number of fused-ring (bicyclic) bond motifs is 4. The molecule has 1 unspecified atom stereocenters. The molecule has 2 bridgehead atoms. The second-order valence-corrected chi connectivity index (χ2v) is 8.09. The highest BCUT2D eigenvalue weighted by Crippen LogP contribution is 2.48. The number of nitrogens with two attached hydrogens (primary N) is 1. The number of benzene rings is 1. The average molecular weight is 328 g/mol. The zero-order chi connectivity index (χ0) is 16.9. The Morgan fingerprint density at radius 2 is 2.29 bits per heavy atom. The molecule has 2 heterocycles. The Bertz CT molecular complexity index is 653. The smallest absolute Gasteiger partial charge is 0.248 e. The fourth-order valence-electron chi connectivity index (χ4n) is 5.14. The number of nitrogens with zero attached hydrogens (tertiary/aromatic N) is 1. The number of ether oxygens (including phenoxy) is 1. The van der Waals surface area contributed by atoms with Crippen molar-refractivity contribution >= 4 is 5.91 Å². The molecule has 0 spiro atoms. The van der Waals surface area contributed by atoms with Crippen molar-refractivity contribution in [1.29, 1.82) is 0 Å². The van der Waals surface area contributed by atoms with E-state index in [2.05, 4.69) is 30.9 Å². The normalized spacial score (nSPS) is 35.7. The lowest BCUT2D eigenvalue weighted by Gasteiger charge is -2.55. The maximum Gasteiger partial charge on any atom is 0.248 e. The first-order valence-corrected chi connectivity index (χ1v) is 9.28. The summed E-state index contributed by atoms with van der Waals surface area (Å²) < 4.78 is 5.87. The maximum absolute atomic E-state index is 11.6. The Labute approximate surface area is 144 Å². The van der Waals surface area contributed by atoms with Crippen LogP contribution >= 0.6 is 0 Å². The lowest BCUT2D eigenvalue weighted by molar-refractivity contribution is -0.00666. The monoisotopic (exact) mass is 328 g/mol. The van der Waals surface area contributed by atoms with Gasteiger partial charge in [0, 0.05) is 24.8 Å². The summed E-state index contributed by atoms with van der Waals surface area (Å²) in [4.78, 5) is 14.3. The van der Waals surface area contributed by atoms with Crippen molar-refractivity contribution in [3.8, 4) is 0 Å². The van der Waals surface area contributed by atoms with E-state index >= 15 is 0 Å². The predicted octanol–water partition coefficient (Wildman–Crippen LogP) is 2.49. The minimum atomic E-state index is -0.327. The summed E-state index contributed by atoms with van der Waals surface area (Å²) in [5.41, 5.74) is 9.02. The highest BCUT2D eigenvalue weighted by atomic mass is 16.5. The Kier molecular flexibility index (Phi) is 3.92. The number of likely N-dealkylation sites (tertiary alicyclic amines) is 1. The minimum Gasteiger partial charge on any atom is -0.377 e. The van der Waals surface area contributed by atoms with Gasteiger partial charge in [0.05, 0.1) is 6.10 Å². The molecule has 1 aromatic rings. The fourth-order valence-corrected chi connectivity index (χ4v) is 5.14. The van der Waals surface area contributed by atoms with Gasteiger partial charge in [-0.2, -0.15) is 0 Å². The van der Waals surface area contributed by atoms with Crippen LogP contribution in [0.15, 0.2) is 18.2 Å². The van der Waals surface area contributed by atoms with Crippen LogP contribution in [-0.4, -0.2) is 42.6 Å². The average Bonchev–Trinajstić information content (AvgIpc) is 3.06. The Morgan fingerprint density at radius 1 is 1.46 bits per heavy atom. The van der Waals surface area contributed by atoms with Gasteiger partial charge in [-0.1, -0.05) is 19.9 Å². The molecule has 0 saturated carbocycles. The number of carbonyl (C=O) groups excluding carboxylic acids is 1. The van der Waals surface area contributed by atoms with Crippen molar-refractivity contribution in [2.24, 2.45) is 11.7 Å². The molecule has 4 nitrogen and oxygen atoms in total. The summed E-state index contributed by atoms with van der Waals surface area (Å²) in [7, 11) is 0.